The summed E-state index contributed by atoms with van der Waals surface area (Å²) in [5.74, 6) is -0.974. The molecule has 0 aromatic rings. The van der Waals surface area contributed by atoms with E-state index in [4.69, 9.17) is 14.2 Å². The van der Waals surface area contributed by atoms with Crippen LogP contribution in [0.1, 0.15) is 194 Å². The number of rotatable bonds is 30. The van der Waals surface area contributed by atoms with Crippen LogP contribution in [0, 0.1) is 0 Å². The van der Waals surface area contributed by atoms with Crippen molar-refractivity contribution in [3.05, 3.63) is 0 Å². The van der Waals surface area contributed by atoms with Crippen molar-refractivity contribution in [1.29, 1.82) is 0 Å². The summed E-state index contributed by atoms with van der Waals surface area (Å²) in [4.78, 5) is 11.6. The minimum absolute atomic E-state index is 0.0103. The molecule has 0 radical (unpaired) electrons. The fraction of sp³-hybridized carbons (Fsp3) is 0.971. The maximum absolute atomic E-state index is 11.6. The number of ketones is 1. The Bertz CT molecular complexity index is 511. The van der Waals surface area contributed by atoms with Crippen LogP contribution in [0.25, 0.3) is 0 Å². The zero-order chi connectivity index (χ0) is 28.1. The number of Topliss-reactive ketones (excluding diaryl/α,β-unsaturated/α-hetero) is 1. The molecule has 0 N–H and O–H groups in total. The maximum atomic E-state index is 11.6. The molecule has 0 atom stereocenters. The van der Waals surface area contributed by atoms with Gasteiger partial charge in [-0.1, -0.05) is 174 Å². The van der Waals surface area contributed by atoms with Crippen molar-refractivity contribution in [3.8, 4) is 0 Å². The van der Waals surface area contributed by atoms with Gasteiger partial charge in [-0.05, 0) is 12.8 Å². The molecular weight excluding hydrogens is 484 g/mol. The third-order valence-electron chi connectivity index (χ3n) is 8.31. The summed E-state index contributed by atoms with van der Waals surface area (Å²) < 4.78 is 17.8. The van der Waals surface area contributed by atoms with E-state index in [9.17, 15) is 4.79 Å². The van der Waals surface area contributed by atoms with Crippen LogP contribution < -0.4 is 0 Å². The van der Waals surface area contributed by atoms with Gasteiger partial charge in [0.1, 0.15) is 13.2 Å². The van der Waals surface area contributed by atoms with Crippen molar-refractivity contribution in [2.45, 2.75) is 200 Å². The third-order valence-corrected chi connectivity index (χ3v) is 8.31. The number of unbranched alkanes of at least 4 members (excludes halogenated alkanes) is 25. The Morgan fingerprint density at radius 3 is 1.15 bits per heavy atom. The number of carbonyl (C=O) groups is 1. The Hall–Kier alpha value is -0.450. The van der Waals surface area contributed by atoms with E-state index in [0.717, 1.165) is 19.3 Å². The molecule has 1 fully saturated rings. The Morgan fingerprint density at radius 1 is 0.487 bits per heavy atom. The second-order valence-electron chi connectivity index (χ2n) is 12.2. The Balaban J connectivity index is 1.99. The molecular formula is C35H68O4. The normalized spacial score (nSPS) is 15.3. The first-order valence-electron chi connectivity index (χ1n) is 17.7. The summed E-state index contributed by atoms with van der Waals surface area (Å²) in [5.41, 5.74) is 0. The molecule has 39 heavy (non-hydrogen) atoms. The second kappa shape index (κ2) is 27.7. The van der Waals surface area contributed by atoms with Crippen molar-refractivity contribution in [3.63, 3.8) is 0 Å². The third kappa shape index (κ3) is 22.9. The van der Waals surface area contributed by atoms with Gasteiger partial charge in [-0.25, -0.2) is 0 Å². The largest absolute Gasteiger partial charge is 0.327 e. The van der Waals surface area contributed by atoms with Crippen LogP contribution in [-0.2, 0) is 19.0 Å². The van der Waals surface area contributed by atoms with Crippen LogP contribution >= 0.6 is 0 Å². The first-order valence-corrected chi connectivity index (χ1v) is 17.7. The minimum Gasteiger partial charge on any atom is -0.327 e. The first kappa shape index (κ1) is 36.6. The molecule has 0 aromatic carbocycles. The predicted molar refractivity (Wildman–Crippen MR) is 166 cm³/mol. The Morgan fingerprint density at radius 2 is 0.795 bits per heavy atom. The van der Waals surface area contributed by atoms with Gasteiger partial charge >= 0.3 is 0 Å². The summed E-state index contributed by atoms with van der Waals surface area (Å²) in [6, 6.07) is 0. The molecule has 1 aliphatic rings. The average molecular weight is 553 g/mol. The second-order valence-corrected chi connectivity index (χ2v) is 12.2. The lowest BCUT2D eigenvalue weighted by molar-refractivity contribution is -0.389. The van der Waals surface area contributed by atoms with Crippen LogP contribution in [0.2, 0.25) is 0 Å². The first-order chi connectivity index (χ1) is 19.2. The van der Waals surface area contributed by atoms with Crippen LogP contribution in [0.15, 0.2) is 0 Å². The summed E-state index contributed by atoms with van der Waals surface area (Å²) in [6.45, 7) is 5.47. The van der Waals surface area contributed by atoms with E-state index < -0.39 is 5.97 Å². The van der Waals surface area contributed by atoms with E-state index >= 15 is 0 Å². The molecule has 0 amide bonds. The van der Waals surface area contributed by atoms with Crippen molar-refractivity contribution in [2.24, 2.45) is 0 Å². The molecule has 0 aromatic heterocycles. The lowest BCUT2D eigenvalue weighted by Gasteiger charge is -2.36. The van der Waals surface area contributed by atoms with Crippen LogP contribution in [-0.4, -0.2) is 31.6 Å². The van der Waals surface area contributed by atoms with Gasteiger partial charge in [0.15, 0.2) is 5.78 Å². The zero-order valence-corrected chi connectivity index (χ0v) is 26.6. The molecule has 0 spiro atoms. The Labute approximate surface area is 244 Å². The lowest BCUT2D eigenvalue weighted by atomic mass is 10.0. The van der Waals surface area contributed by atoms with Gasteiger partial charge < -0.3 is 14.2 Å². The van der Waals surface area contributed by atoms with Gasteiger partial charge in [0.2, 0.25) is 0 Å². The van der Waals surface area contributed by atoms with Crippen molar-refractivity contribution >= 4 is 5.78 Å². The van der Waals surface area contributed by atoms with Gasteiger partial charge in [0.05, 0.1) is 6.61 Å². The molecule has 0 unspecified atom stereocenters. The molecule has 0 saturated carbocycles. The molecule has 0 bridgehead atoms. The average Bonchev–Trinajstić information content (AvgIpc) is 2.95. The number of hydrogen-bond acceptors (Lipinski definition) is 4. The highest BCUT2D eigenvalue weighted by Gasteiger charge is 2.37. The van der Waals surface area contributed by atoms with E-state index in [1.54, 1.807) is 0 Å². The fourth-order valence-electron chi connectivity index (χ4n) is 5.65. The summed E-state index contributed by atoms with van der Waals surface area (Å²) in [5, 5.41) is 0. The van der Waals surface area contributed by atoms with Gasteiger partial charge in [-0.2, -0.15) is 0 Å². The number of hydrogen-bond donors (Lipinski definition) is 0. The van der Waals surface area contributed by atoms with Crippen molar-refractivity contribution in [2.75, 3.05) is 19.8 Å². The molecule has 4 nitrogen and oxygen atoms in total. The molecule has 232 valence electrons. The molecule has 1 saturated heterocycles. The molecule has 1 aliphatic heterocycles. The molecule has 4 heteroatoms. The standard InChI is InChI=1S/C35H68O4/c1-3-5-7-9-11-13-15-17-18-19-20-22-24-26-28-30-35(38-32-34(36)33-39-35)37-31-29-27-25-23-21-16-14-12-10-8-6-4-2/h3-33H2,1-2H3. The van der Waals surface area contributed by atoms with Gasteiger partial charge in [-0.15, -0.1) is 0 Å². The smallest absolute Gasteiger partial charge is 0.283 e. The van der Waals surface area contributed by atoms with Crippen molar-refractivity contribution < 1.29 is 19.0 Å². The van der Waals surface area contributed by atoms with E-state index in [0.29, 0.717) is 6.61 Å². The van der Waals surface area contributed by atoms with Gasteiger partial charge in [-0.3, -0.25) is 4.79 Å². The van der Waals surface area contributed by atoms with Crippen LogP contribution in [0.5, 0.6) is 0 Å². The van der Waals surface area contributed by atoms with Gasteiger partial charge in [0.25, 0.3) is 5.97 Å². The minimum atomic E-state index is -0.984. The summed E-state index contributed by atoms with van der Waals surface area (Å²) in [7, 11) is 0. The number of carbonyl (C=O) groups excluding carboxylic acids is 1. The zero-order valence-electron chi connectivity index (χ0n) is 26.6. The Kier molecular flexibility index (Phi) is 26.0. The monoisotopic (exact) mass is 553 g/mol. The fourth-order valence-corrected chi connectivity index (χ4v) is 5.65. The summed E-state index contributed by atoms with van der Waals surface area (Å²) in [6.07, 6.45) is 37.0. The molecule has 1 heterocycles. The highest BCUT2D eigenvalue weighted by atomic mass is 16.9. The van der Waals surface area contributed by atoms with E-state index in [2.05, 4.69) is 13.8 Å². The SMILES string of the molecule is CCCCCCCCCCCCCCCCCC1(OCCCCCCCCCCCCCC)OCC(=O)CO1. The molecule has 0 aliphatic carbocycles. The maximum Gasteiger partial charge on any atom is 0.283 e. The predicted octanol–water partition coefficient (Wildman–Crippen LogP) is 11.2. The van der Waals surface area contributed by atoms with E-state index in [-0.39, 0.29) is 19.0 Å². The highest BCUT2D eigenvalue weighted by Crippen LogP contribution is 2.27. The van der Waals surface area contributed by atoms with Crippen LogP contribution in [0.4, 0.5) is 0 Å². The highest BCUT2D eigenvalue weighted by molar-refractivity contribution is 5.81. The van der Waals surface area contributed by atoms with E-state index in [1.165, 1.54) is 161 Å². The quantitative estimate of drug-likeness (QED) is 0.0831. The molecule has 1 rings (SSSR count). The van der Waals surface area contributed by atoms with E-state index in [1.807, 2.05) is 0 Å². The van der Waals surface area contributed by atoms with Crippen molar-refractivity contribution in [1.82, 2.24) is 0 Å². The topological polar surface area (TPSA) is 44.8 Å². The number of ether oxygens (including phenoxy) is 3. The lowest BCUT2D eigenvalue weighted by Crippen LogP contribution is -2.47. The summed E-state index contributed by atoms with van der Waals surface area (Å²) >= 11 is 0. The van der Waals surface area contributed by atoms with Gasteiger partial charge in [0, 0.05) is 6.42 Å². The van der Waals surface area contributed by atoms with Crippen LogP contribution in [0.3, 0.4) is 0 Å².